The highest BCUT2D eigenvalue weighted by Gasteiger charge is 2.14. The molecule has 0 amide bonds. The van der Waals surface area contributed by atoms with Gasteiger partial charge in [0.05, 0.1) is 0 Å². The monoisotopic (exact) mass is 331 g/mol. The van der Waals surface area contributed by atoms with Gasteiger partial charge in [0.25, 0.3) is 0 Å². The molecule has 0 aromatic heterocycles. The van der Waals surface area contributed by atoms with Crippen molar-refractivity contribution in [3.63, 3.8) is 0 Å². The Morgan fingerprint density at radius 2 is 1.68 bits per heavy atom. The van der Waals surface area contributed by atoms with Crippen molar-refractivity contribution in [3.8, 4) is 0 Å². The summed E-state index contributed by atoms with van der Waals surface area (Å²) in [5, 5.41) is 0. The lowest BCUT2D eigenvalue weighted by Gasteiger charge is -2.28. The van der Waals surface area contributed by atoms with Gasteiger partial charge < -0.3 is 4.90 Å². The van der Waals surface area contributed by atoms with Gasteiger partial charge in [0.1, 0.15) is 0 Å². The van der Waals surface area contributed by atoms with Crippen molar-refractivity contribution in [1.82, 2.24) is 4.90 Å². The van der Waals surface area contributed by atoms with E-state index in [4.69, 9.17) is 0 Å². The minimum absolute atomic E-state index is 0.907. The molecule has 0 radical (unpaired) electrons. The normalized spacial score (nSPS) is 16.3. The third-order valence-electron chi connectivity index (χ3n) is 3.55. The van der Waals surface area contributed by atoms with E-state index >= 15 is 0 Å². The molecule has 0 atom stereocenters. The lowest BCUT2D eigenvalue weighted by atomic mass is 10.1. The Labute approximate surface area is 153 Å². The highest BCUT2D eigenvalue weighted by molar-refractivity contribution is 5.43. The van der Waals surface area contributed by atoms with Crippen molar-refractivity contribution in [2.24, 2.45) is 0 Å². The van der Waals surface area contributed by atoms with E-state index in [9.17, 15) is 0 Å². The summed E-state index contributed by atoms with van der Waals surface area (Å²) in [6, 6.07) is 0. The molecule has 0 fully saturated rings. The van der Waals surface area contributed by atoms with Crippen LogP contribution in [-0.4, -0.2) is 4.90 Å². The first-order valence-corrected chi connectivity index (χ1v) is 8.60. The van der Waals surface area contributed by atoms with Gasteiger partial charge in [-0.3, -0.25) is 0 Å². The summed E-state index contributed by atoms with van der Waals surface area (Å²) in [4.78, 5) is 2.23. The fourth-order valence-electron chi connectivity index (χ4n) is 2.39. The standard InChI is InChI=1S/C24H29N/c1-6-10-16-22(13-8-3)25(23(14-9-4)17-11-7-2)24-18-12-15-21(5)19-20-24/h6-11,13-20H,1,3,12H2,2,4-5H3/b11-7-,14-9-,16-10-,22-13+,23-17+. The molecular formula is C24H29N. The maximum Gasteiger partial charge on any atom is 0.0461 e. The van der Waals surface area contributed by atoms with Crippen LogP contribution in [0.2, 0.25) is 0 Å². The molecule has 1 heteroatoms. The Morgan fingerprint density at radius 3 is 2.32 bits per heavy atom. The third-order valence-corrected chi connectivity index (χ3v) is 3.55. The Morgan fingerprint density at radius 1 is 0.920 bits per heavy atom. The van der Waals surface area contributed by atoms with Crippen molar-refractivity contribution in [3.05, 3.63) is 121 Å². The first-order chi connectivity index (χ1) is 12.2. The van der Waals surface area contributed by atoms with Crippen molar-refractivity contribution in [2.75, 3.05) is 0 Å². The summed E-state index contributed by atoms with van der Waals surface area (Å²) in [6.07, 6.45) is 29.6. The molecule has 0 aromatic rings. The SMILES string of the molecule is C=C/C=C\C(=C/C=C)N(C1=CCC=C(C)C=C1)C(/C=C\C)=C/C=C\C. The van der Waals surface area contributed by atoms with E-state index in [1.807, 2.05) is 44.2 Å². The van der Waals surface area contributed by atoms with Gasteiger partial charge in [-0.15, -0.1) is 0 Å². The first kappa shape index (κ1) is 20.2. The van der Waals surface area contributed by atoms with Crippen LogP contribution in [0.5, 0.6) is 0 Å². The molecule has 0 bridgehead atoms. The minimum atomic E-state index is 0.907. The molecule has 0 aliphatic heterocycles. The van der Waals surface area contributed by atoms with Crippen molar-refractivity contribution in [1.29, 1.82) is 0 Å². The maximum atomic E-state index is 3.87. The van der Waals surface area contributed by atoms with Crippen LogP contribution in [0.15, 0.2) is 121 Å². The molecular weight excluding hydrogens is 302 g/mol. The molecule has 1 aliphatic carbocycles. The number of hydrogen-bond donors (Lipinski definition) is 0. The predicted molar refractivity (Wildman–Crippen MR) is 113 cm³/mol. The van der Waals surface area contributed by atoms with E-state index in [0.717, 1.165) is 23.5 Å². The van der Waals surface area contributed by atoms with Crippen molar-refractivity contribution in [2.45, 2.75) is 27.2 Å². The molecule has 1 aliphatic rings. The lowest BCUT2D eigenvalue weighted by molar-refractivity contribution is 0.576. The van der Waals surface area contributed by atoms with E-state index in [2.05, 4.69) is 73.6 Å². The van der Waals surface area contributed by atoms with Crippen molar-refractivity contribution < 1.29 is 0 Å². The van der Waals surface area contributed by atoms with Gasteiger partial charge in [-0.1, -0.05) is 73.4 Å². The second-order valence-corrected chi connectivity index (χ2v) is 5.52. The van der Waals surface area contributed by atoms with Gasteiger partial charge in [0.15, 0.2) is 0 Å². The van der Waals surface area contributed by atoms with E-state index in [-0.39, 0.29) is 0 Å². The van der Waals surface area contributed by atoms with Crippen LogP contribution >= 0.6 is 0 Å². The van der Waals surface area contributed by atoms with Crippen LogP contribution in [0.4, 0.5) is 0 Å². The van der Waals surface area contributed by atoms with Gasteiger partial charge in [-0.2, -0.15) is 0 Å². The predicted octanol–water partition coefficient (Wildman–Crippen LogP) is 6.93. The quantitative estimate of drug-likeness (QED) is 0.436. The van der Waals surface area contributed by atoms with Crippen LogP contribution in [0.25, 0.3) is 0 Å². The molecule has 130 valence electrons. The van der Waals surface area contributed by atoms with Gasteiger partial charge in [0.2, 0.25) is 0 Å². The van der Waals surface area contributed by atoms with Gasteiger partial charge in [-0.25, -0.2) is 0 Å². The molecule has 0 saturated carbocycles. The minimum Gasteiger partial charge on any atom is -0.311 e. The molecule has 0 N–H and O–H groups in total. The van der Waals surface area contributed by atoms with Crippen LogP contribution < -0.4 is 0 Å². The largest absolute Gasteiger partial charge is 0.311 e. The summed E-state index contributed by atoms with van der Waals surface area (Å²) in [5.41, 5.74) is 4.51. The number of hydrogen-bond acceptors (Lipinski definition) is 1. The van der Waals surface area contributed by atoms with E-state index in [1.54, 1.807) is 6.08 Å². The fraction of sp³-hybridized carbons (Fsp3) is 0.167. The number of allylic oxidation sites excluding steroid dienone is 15. The smallest absolute Gasteiger partial charge is 0.0461 e. The molecule has 0 spiro atoms. The maximum absolute atomic E-state index is 3.87. The van der Waals surface area contributed by atoms with E-state index < -0.39 is 0 Å². The van der Waals surface area contributed by atoms with Gasteiger partial charge in [0, 0.05) is 17.1 Å². The zero-order valence-corrected chi connectivity index (χ0v) is 15.7. The van der Waals surface area contributed by atoms with Crippen LogP contribution in [0.1, 0.15) is 27.2 Å². The Bertz CT molecular complexity index is 698. The first-order valence-electron chi connectivity index (χ1n) is 8.60. The number of rotatable bonds is 8. The van der Waals surface area contributed by atoms with Gasteiger partial charge >= 0.3 is 0 Å². The lowest BCUT2D eigenvalue weighted by Crippen LogP contribution is -2.19. The molecule has 0 aromatic carbocycles. The molecule has 1 rings (SSSR count). The second kappa shape index (κ2) is 11.7. The summed E-state index contributed by atoms with van der Waals surface area (Å²) in [6.45, 7) is 13.8. The summed E-state index contributed by atoms with van der Waals surface area (Å²) >= 11 is 0. The number of nitrogens with zero attached hydrogens (tertiary/aromatic N) is 1. The van der Waals surface area contributed by atoms with Crippen LogP contribution in [0.3, 0.4) is 0 Å². The van der Waals surface area contributed by atoms with E-state index in [0.29, 0.717) is 0 Å². The van der Waals surface area contributed by atoms with Gasteiger partial charge in [-0.05, 0) is 57.6 Å². The Balaban J connectivity index is 3.53. The summed E-state index contributed by atoms with van der Waals surface area (Å²) < 4.78 is 0. The summed E-state index contributed by atoms with van der Waals surface area (Å²) in [7, 11) is 0. The topological polar surface area (TPSA) is 3.24 Å². The molecule has 0 unspecified atom stereocenters. The van der Waals surface area contributed by atoms with Crippen LogP contribution in [-0.2, 0) is 0 Å². The average molecular weight is 332 g/mol. The second-order valence-electron chi connectivity index (χ2n) is 5.52. The Kier molecular flexibility index (Phi) is 9.47. The third kappa shape index (κ3) is 6.68. The molecule has 0 saturated heterocycles. The molecule has 0 heterocycles. The Hall–Kier alpha value is -2.80. The zero-order valence-electron chi connectivity index (χ0n) is 15.7. The zero-order chi connectivity index (χ0) is 18.5. The molecule has 1 nitrogen and oxygen atoms in total. The van der Waals surface area contributed by atoms with E-state index in [1.165, 1.54) is 5.57 Å². The summed E-state index contributed by atoms with van der Waals surface area (Å²) in [5.74, 6) is 0. The fourth-order valence-corrected chi connectivity index (χ4v) is 2.39. The van der Waals surface area contributed by atoms with Crippen LogP contribution in [0, 0.1) is 0 Å². The average Bonchev–Trinajstić information content (AvgIpc) is 2.82. The highest BCUT2D eigenvalue weighted by Crippen LogP contribution is 2.26. The van der Waals surface area contributed by atoms with Crippen molar-refractivity contribution >= 4 is 0 Å². The molecule has 25 heavy (non-hydrogen) atoms. The highest BCUT2D eigenvalue weighted by atomic mass is 15.2.